The van der Waals surface area contributed by atoms with Crippen molar-refractivity contribution < 1.29 is 19.1 Å². The summed E-state index contributed by atoms with van der Waals surface area (Å²) in [5.41, 5.74) is 0.696. The highest BCUT2D eigenvalue weighted by atomic mass is 32.1. The Hall–Kier alpha value is -1.95. The van der Waals surface area contributed by atoms with Crippen LogP contribution in [0.1, 0.15) is 36.4 Å². The van der Waals surface area contributed by atoms with Gasteiger partial charge in [0.05, 0.1) is 29.3 Å². The summed E-state index contributed by atoms with van der Waals surface area (Å²) < 4.78 is 11.2. The Bertz CT molecular complexity index is 666. The number of carbonyl (C=O) groups is 2. The van der Waals surface area contributed by atoms with Crippen molar-refractivity contribution in [2.24, 2.45) is 5.92 Å². The third-order valence-electron chi connectivity index (χ3n) is 3.62. The number of hydrogen-bond acceptors (Lipinski definition) is 6. The lowest BCUT2D eigenvalue weighted by atomic mass is 9.95. The minimum Gasteiger partial charge on any atom is -0.491 e. The zero-order valence-electron chi connectivity index (χ0n) is 13.1. The number of carbonyl (C=O) groups excluding carboxylic acids is 2. The molecule has 0 amide bonds. The molecule has 0 bridgehead atoms. The molecule has 22 heavy (non-hydrogen) atoms. The van der Waals surface area contributed by atoms with Crippen molar-refractivity contribution in [1.29, 1.82) is 0 Å². The highest BCUT2D eigenvalue weighted by Crippen LogP contribution is 2.34. The van der Waals surface area contributed by atoms with Gasteiger partial charge in [-0.3, -0.25) is 9.59 Å². The smallest absolute Gasteiger partial charge is 0.257 e. The maximum absolute atomic E-state index is 12.4. The van der Waals surface area contributed by atoms with Crippen LogP contribution in [0.4, 0.5) is 0 Å². The molecule has 0 saturated heterocycles. The fraction of sp³-hybridized carbons (Fsp3) is 0.438. The maximum Gasteiger partial charge on any atom is 0.257 e. The van der Waals surface area contributed by atoms with Crippen molar-refractivity contribution in [2.75, 3.05) is 14.2 Å². The van der Waals surface area contributed by atoms with Crippen LogP contribution in [0, 0.1) is 5.92 Å². The minimum atomic E-state index is -0.213. The highest BCUT2D eigenvalue weighted by Gasteiger charge is 2.20. The molecule has 0 spiro atoms. The molecule has 0 saturated carbocycles. The molecule has 0 aliphatic rings. The van der Waals surface area contributed by atoms with Gasteiger partial charge in [-0.25, -0.2) is 4.98 Å². The van der Waals surface area contributed by atoms with Gasteiger partial charge in [-0.1, -0.05) is 6.92 Å². The number of Topliss-reactive ketones (excluding diaryl/α,β-unsaturated/α-hetero) is 2. The van der Waals surface area contributed by atoms with E-state index in [2.05, 4.69) is 4.98 Å². The summed E-state index contributed by atoms with van der Waals surface area (Å²) in [6.07, 6.45) is 0.915. The van der Waals surface area contributed by atoms with Gasteiger partial charge >= 0.3 is 0 Å². The van der Waals surface area contributed by atoms with Crippen LogP contribution < -0.4 is 9.47 Å². The quantitative estimate of drug-likeness (QED) is 0.730. The van der Waals surface area contributed by atoms with Gasteiger partial charge < -0.3 is 9.47 Å². The van der Waals surface area contributed by atoms with E-state index < -0.39 is 0 Å². The van der Waals surface area contributed by atoms with E-state index in [-0.39, 0.29) is 23.9 Å². The van der Waals surface area contributed by atoms with E-state index in [0.29, 0.717) is 28.4 Å². The third-order valence-corrected chi connectivity index (χ3v) is 4.74. The summed E-state index contributed by atoms with van der Waals surface area (Å²) in [6, 6.07) is 3.56. The van der Waals surface area contributed by atoms with Crippen molar-refractivity contribution in [3.63, 3.8) is 0 Å². The molecule has 0 aromatic carbocycles. The molecule has 2 aromatic heterocycles. The molecule has 0 aliphatic heterocycles. The molecule has 1 atom stereocenters. The van der Waals surface area contributed by atoms with E-state index in [0.717, 1.165) is 4.70 Å². The first kappa shape index (κ1) is 16.4. The van der Waals surface area contributed by atoms with E-state index in [4.69, 9.17) is 9.47 Å². The predicted octanol–water partition coefficient (Wildman–Crippen LogP) is 3.50. The Morgan fingerprint density at radius 1 is 1.27 bits per heavy atom. The number of rotatable bonds is 7. The lowest BCUT2D eigenvalue weighted by Crippen LogP contribution is -2.14. The topological polar surface area (TPSA) is 65.5 Å². The normalized spacial score (nSPS) is 12.2. The first-order chi connectivity index (χ1) is 10.5. The van der Waals surface area contributed by atoms with E-state index >= 15 is 0 Å². The second-order valence-corrected chi connectivity index (χ2v) is 6.12. The molecule has 5 nitrogen and oxygen atoms in total. The number of thiophene rings is 1. The number of pyridine rings is 1. The van der Waals surface area contributed by atoms with Gasteiger partial charge in [0, 0.05) is 18.4 Å². The average Bonchev–Trinajstić information content (AvgIpc) is 2.93. The number of fused-ring (bicyclic) bond motifs is 1. The number of hydrogen-bond donors (Lipinski definition) is 0. The van der Waals surface area contributed by atoms with Gasteiger partial charge in [0.2, 0.25) is 0 Å². The summed E-state index contributed by atoms with van der Waals surface area (Å²) in [7, 11) is 3.07. The number of ketones is 2. The second-order valence-electron chi connectivity index (χ2n) is 5.04. The fourth-order valence-electron chi connectivity index (χ4n) is 2.26. The van der Waals surface area contributed by atoms with Crippen LogP contribution >= 0.6 is 11.3 Å². The minimum absolute atomic E-state index is 0.0250. The van der Waals surface area contributed by atoms with E-state index in [1.54, 1.807) is 13.2 Å². The first-order valence-corrected chi connectivity index (χ1v) is 7.88. The zero-order valence-corrected chi connectivity index (χ0v) is 14.0. The predicted molar refractivity (Wildman–Crippen MR) is 86.1 cm³/mol. The van der Waals surface area contributed by atoms with Crippen molar-refractivity contribution in [2.45, 2.75) is 26.7 Å². The van der Waals surface area contributed by atoms with Crippen LogP contribution in [-0.2, 0) is 4.79 Å². The van der Waals surface area contributed by atoms with Crippen molar-refractivity contribution >= 4 is 33.1 Å². The highest BCUT2D eigenvalue weighted by molar-refractivity contribution is 7.20. The molecule has 2 heterocycles. The van der Waals surface area contributed by atoms with Crippen LogP contribution in [0.15, 0.2) is 12.1 Å². The second kappa shape index (κ2) is 6.87. The Morgan fingerprint density at radius 2 is 2.00 bits per heavy atom. The Kier molecular flexibility index (Phi) is 5.13. The number of nitrogens with zero attached hydrogens (tertiary/aromatic N) is 1. The lowest BCUT2D eigenvalue weighted by Gasteiger charge is -2.08. The number of ether oxygens (including phenoxy) is 2. The van der Waals surface area contributed by atoms with Gasteiger partial charge in [0.15, 0.2) is 11.5 Å². The van der Waals surface area contributed by atoms with Crippen LogP contribution in [0.2, 0.25) is 0 Å². The van der Waals surface area contributed by atoms with Crippen LogP contribution in [0.25, 0.3) is 10.2 Å². The molecule has 2 rings (SSSR count). The first-order valence-electron chi connectivity index (χ1n) is 7.06. The molecule has 2 aromatic rings. The van der Waals surface area contributed by atoms with Gasteiger partial charge in [0.25, 0.3) is 5.88 Å². The van der Waals surface area contributed by atoms with Gasteiger partial charge in [-0.05, 0) is 19.4 Å². The van der Waals surface area contributed by atoms with Crippen LogP contribution in [0.5, 0.6) is 11.6 Å². The van der Waals surface area contributed by atoms with Crippen LogP contribution in [0.3, 0.4) is 0 Å². The largest absolute Gasteiger partial charge is 0.491 e. The molecule has 6 heteroatoms. The van der Waals surface area contributed by atoms with Gasteiger partial charge in [-0.15, -0.1) is 11.3 Å². The number of methoxy groups -OCH3 is 2. The SMILES string of the molecule is CC[C@@H](CC(=O)c1cc2nc(OC)c(OC)cc2s1)C(C)=O. The van der Waals surface area contributed by atoms with Crippen molar-refractivity contribution in [1.82, 2.24) is 4.98 Å². The maximum atomic E-state index is 12.4. The van der Waals surface area contributed by atoms with E-state index in [1.807, 2.05) is 13.0 Å². The molecular formula is C16H19NO4S. The molecule has 0 fully saturated rings. The van der Waals surface area contributed by atoms with E-state index in [9.17, 15) is 9.59 Å². The standard InChI is InChI=1S/C16H19NO4S/c1-5-10(9(2)18)6-12(19)15-7-11-14(22-15)8-13(20-3)16(17-11)21-4/h7-8,10H,5-6H2,1-4H3/t10-/m0/s1. The lowest BCUT2D eigenvalue weighted by molar-refractivity contribution is -0.120. The number of aromatic nitrogens is 1. The Morgan fingerprint density at radius 3 is 2.55 bits per heavy atom. The summed E-state index contributed by atoms with van der Waals surface area (Å²) in [5.74, 6) is 0.740. The molecule has 0 unspecified atom stereocenters. The van der Waals surface area contributed by atoms with E-state index in [1.165, 1.54) is 25.4 Å². The fourth-order valence-corrected chi connectivity index (χ4v) is 3.24. The molecule has 118 valence electrons. The summed E-state index contributed by atoms with van der Waals surface area (Å²) in [5, 5.41) is 0. The zero-order chi connectivity index (χ0) is 16.3. The molecule has 0 radical (unpaired) electrons. The van der Waals surface area contributed by atoms with Crippen LogP contribution in [-0.4, -0.2) is 30.8 Å². The summed E-state index contributed by atoms with van der Waals surface area (Å²) >= 11 is 1.36. The third kappa shape index (κ3) is 3.27. The summed E-state index contributed by atoms with van der Waals surface area (Å²) in [4.78, 5) is 28.8. The molecule has 0 N–H and O–H groups in total. The monoisotopic (exact) mass is 321 g/mol. The van der Waals surface area contributed by atoms with Gasteiger partial charge in [-0.2, -0.15) is 0 Å². The van der Waals surface area contributed by atoms with Gasteiger partial charge in [0.1, 0.15) is 5.78 Å². The Balaban J connectivity index is 2.32. The summed E-state index contributed by atoms with van der Waals surface area (Å²) in [6.45, 7) is 3.45. The van der Waals surface area contributed by atoms with Crippen molar-refractivity contribution in [3.05, 3.63) is 17.0 Å². The molecule has 0 aliphatic carbocycles. The Labute approximate surface area is 133 Å². The average molecular weight is 321 g/mol. The molecular weight excluding hydrogens is 302 g/mol. The van der Waals surface area contributed by atoms with Crippen molar-refractivity contribution in [3.8, 4) is 11.6 Å².